The summed E-state index contributed by atoms with van der Waals surface area (Å²) >= 11 is 0. The first-order chi connectivity index (χ1) is 12.7. The summed E-state index contributed by atoms with van der Waals surface area (Å²) in [7, 11) is 0. The molecule has 27 heavy (non-hydrogen) atoms. The standard InChI is InChI=1S/C18H14F3N3O3/c1-10-6-11(4-5-18(19,20)21)2-3-13(10)16(26)23-12-7-14-17(22-8-12)27-15(9-25)24-14/h2-8,25H,9H2,1H3,(H,23,26)/b5-4+. The molecular weight excluding hydrogens is 363 g/mol. The third-order valence-electron chi connectivity index (χ3n) is 3.64. The maximum absolute atomic E-state index is 12.4. The molecular formula is C18H14F3N3O3. The molecule has 0 fully saturated rings. The molecule has 0 spiro atoms. The molecule has 0 radical (unpaired) electrons. The molecule has 0 bridgehead atoms. The van der Waals surface area contributed by atoms with Crippen LogP contribution in [0.3, 0.4) is 0 Å². The highest BCUT2D eigenvalue weighted by atomic mass is 19.4. The molecule has 6 nitrogen and oxygen atoms in total. The second-order valence-corrected chi connectivity index (χ2v) is 5.72. The number of aliphatic hydroxyl groups excluding tert-OH is 1. The Balaban J connectivity index is 1.78. The molecule has 0 unspecified atom stereocenters. The lowest BCUT2D eigenvalue weighted by atomic mass is 10.0. The van der Waals surface area contributed by atoms with Crippen molar-refractivity contribution in [3.05, 3.63) is 59.1 Å². The Hall–Kier alpha value is -3.20. The van der Waals surface area contributed by atoms with Crippen LogP contribution in [0.2, 0.25) is 0 Å². The normalized spacial score (nSPS) is 12.0. The molecule has 140 valence electrons. The fraction of sp³-hybridized carbons (Fsp3) is 0.167. The molecule has 0 saturated carbocycles. The largest absolute Gasteiger partial charge is 0.420 e. The van der Waals surface area contributed by atoms with Gasteiger partial charge in [-0.15, -0.1) is 0 Å². The maximum atomic E-state index is 12.4. The molecule has 0 aliphatic rings. The number of halogens is 3. The number of benzene rings is 1. The Morgan fingerprint density at radius 3 is 2.78 bits per heavy atom. The second-order valence-electron chi connectivity index (χ2n) is 5.72. The second kappa shape index (κ2) is 7.20. The number of oxazole rings is 1. The van der Waals surface area contributed by atoms with E-state index in [1.807, 2.05) is 0 Å². The van der Waals surface area contributed by atoms with Gasteiger partial charge in [0, 0.05) is 11.6 Å². The van der Waals surface area contributed by atoms with Crippen molar-refractivity contribution in [1.29, 1.82) is 0 Å². The average molecular weight is 377 g/mol. The number of anilines is 1. The predicted molar refractivity (Wildman–Crippen MR) is 91.9 cm³/mol. The third kappa shape index (κ3) is 4.50. The summed E-state index contributed by atoms with van der Waals surface area (Å²) in [4.78, 5) is 20.5. The van der Waals surface area contributed by atoms with Crippen LogP contribution in [-0.4, -0.2) is 27.2 Å². The zero-order valence-electron chi connectivity index (χ0n) is 14.0. The molecule has 9 heteroatoms. The lowest BCUT2D eigenvalue weighted by Crippen LogP contribution is -2.13. The van der Waals surface area contributed by atoms with Crippen LogP contribution in [0.4, 0.5) is 18.9 Å². The highest BCUT2D eigenvalue weighted by Gasteiger charge is 2.21. The predicted octanol–water partition coefficient (Wildman–Crippen LogP) is 3.85. The van der Waals surface area contributed by atoms with E-state index >= 15 is 0 Å². The van der Waals surface area contributed by atoms with Crippen molar-refractivity contribution in [1.82, 2.24) is 9.97 Å². The van der Waals surface area contributed by atoms with Crippen LogP contribution in [0.15, 0.2) is 41.0 Å². The Labute approximate surface area is 151 Å². The minimum Gasteiger partial charge on any atom is -0.420 e. The van der Waals surface area contributed by atoms with Crippen molar-refractivity contribution >= 4 is 28.9 Å². The van der Waals surface area contributed by atoms with Gasteiger partial charge in [0.05, 0.1) is 11.9 Å². The van der Waals surface area contributed by atoms with E-state index in [4.69, 9.17) is 9.52 Å². The number of nitrogens with one attached hydrogen (secondary N) is 1. The van der Waals surface area contributed by atoms with E-state index in [0.717, 1.165) is 6.08 Å². The van der Waals surface area contributed by atoms with Crippen molar-refractivity contribution in [3.8, 4) is 0 Å². The van der Waals surface area contributed by atoms with Gasteiger partial charge in [0.25, 0.3) is 5.91 Å². The minimum absolute atomic E-state index is 0.110. The van der Waals surface area contributed by atoms with E-state index in [1.165, 1.54) is 24.4 Å². The van der Waals surface area contributed by atoms with Crippen LogP contribution < -0.4 is 5.32 Å². The Bertz CT molecular complexity index is 1030. The highest BCUT2D eigenvalue weighted by molar-refractivity contribution is 6.05. The summed E-state index contributed by atoms with van der Waals surface area (Å²) in [6.45, 7) is 1.26. The molecule has 0 atom stereocenters. The zero-order valence-corrected chi connectivity index (χ0v) is 14.0. The van der Waals surface area contributed by atoms with E-state index in [9.17, 15) is 18.0 Å². The quantitative estimate of drug-likeness (QED) is 0.721. The van der Waals surface area contributed by atoms with E-state index in [2.05, 4.69) is 15.3 Å². The first-order valence-electron chi connectivity index (χ1n) is 7.79. The molecule has 3 rings (SSSR count). The monoisotopic (exact) mass is 377 g/mol. The number of fused-ring (bicyclic) bond motifs is 1. The molecule has 0 aliphatic heterocycles. The molecule has 2 N–H and O–H groups in total. The molecule has 2 aromatic heterocycles. The van der Waals surface area contributed by atoms with Crippen LogP contribution in [-0.2, 0) is 6.61 Å². The lowest BCUT2D eigenvalue weighted by Gasteiger charge is -2.08. The Morgan fingerprint density at radius 2 is 2.11 bits per heavy atom. The molecule has 1 amide bonds. The number of rotatable bonds is 4. The number of hydrogen-bond donors (Lipinski definition) is 2. The summed E-state index contributed by atoms with van der Waals surface area (Å²) in [5.41, 5.74) is 2.15. The number of alkyl halides is 3. The van der Waals surface area contributed by atoms with Gasteiger partial charge in [-0.2, -0.15) is 13.2 Å². The van der Waals surface area contributed by atoms with Crippen molar-refractivity contribution < 1.29 is 27.5 Å². The molecule has 3 aromatic rings. The first-order valence-corrected chi connectivity index (χ1v) is 7.79. The third-order valence-corrected chi connectivity index (χ3v) is 3.64. The first kappa shape index (κ1) is 18.6. The van der Waals surface area contributed by atoms with Crippen molar-refractivity contribution in [2.24, 2.45) is 0 Å². The van der Waals surface area contributed by atoms with Gasteiger partial charge in [0.1, 0.15) is 12.1 Å². The van der Waals surface area contributed by atoms with E-state index in [-0.39, 0.29) is 24.3 Å². The zero-order chi connectivity index (χ0) is 19.6. The van der Waals surface area contributed by atoms with Crippen LogP contribution >= 0.6 is 0 Å². The fourth-order valence-electron chi connectivity index (χ4n) is 2.44. The fourth-order valence-corrected chi connectivity index (χ4v) is 2.44. The van der Waals surface area contributed by atoms with Gasteiger partial charge in [0.15, 0.2) is 0 Å². The van der Waals surface area contributed by atoms with Gasteiger partial charge in [-0.25, -0.2) is 9.97 Å². The number of amides is 1. The maximum Gasteiger partial charge on any atom is 0.409 e. The lowest BCUT2D eigenvalue weighted by molar-refractivity contribution is -0.0790. The average Bonchev–Trinajstić information content (AvgIpc) is 3.01. The number of aliphatic hydroxyl groups is 1. The Morgan fingerprint density at radius 1 is 1.33 bits per heavy atom. The molecule has 0 aliphatic carbocycles. The van der Waals surface area contributed by atoms with Gasteiger partial charge >= 0.3 is 6.18 Å². The van der Waals surface area contributed by atoms with Crippen LogP contribution in [0.5, 0.6) is 0 Å². The van der Waals surface area contributed by atoms with Crippen LogP contribution in [0.25, 0.3) is 17.3 Å². The topological polar surface area (TPSA) is 88.2 Å². The van der Waals surface area contributed by atoms with Crippen molar-refractivity contribution in [2.45, 2.75) is 19.7 Å². The van der Waals surface area contributed by atoms with Gasteiger partial charge in [-0.3, -0.25) is 4.79 Å². The minimum atomic E-state index is -4.40. The summed E-state index contributed by atoms with van der Waals surface area (Å²) < 4.78 is 41.9. The van der Waals surface area contributed by atoms with Gasteiger partial charge in [-0.05, 0) is 30.2 Å². The number of nitrogens with zero attached hydrogens (tertiary/aromatic N) is 2. The summed E-state index contributed by atoms with van der Waals surface area (Å²) in [5, 5.41) is 11.7. The molecule has 1 aromatic carbocycles. The van der Waals surface area contributed by atoms with Gasteiger partial charge in [0.2, 0.25) is 11.6 Å². The number of aryl methyl sites for hydroxylation is 1. The van der Waals surface area contributed by atoms with E-state index in [1.54, 1.807) is 13.0 Å². The van der Waals surface area contributed by atoms with Crippen LogP contribution in [0, 0.1) is 6.92 Å². The number of carbonyl (C=O) groups is 1. The number of carbonyl (C=O) groups excluding carboxylic acids is 1. The van der Waals surface area contributed by atoms with E-state index in [0.29, 0.717) is 27.9 Å². The number of aromatic nitrogens is 2. The summed E-state index contributed by atoms with van der Waals surface area (Å²) in [6.07, 6.45) is -1.94. The molecule has 2 heterocycles. The van der Waals surface area contributed by atoms with E-state index < -0.39 is 12.1 Å². The number of pyridine rings is 1. The van der Waals surface area contributed by atoms with Crippen LogP contribution in [0.1, 0.15) is 27.4 Å². The van der Waals surface area contributed by atoms with Gasteiger partial charge in [-0.1, -0.05) is 18.2 Å². The van der Waals surface area contributed by atoms with Crippen molar-refractivity contribution in [3.63, 3.8) is 0 Å². The summed E-state index contributed by atoms with van der Waals surface area (Å²) in [6, 6.07) is 5.91. The van der Waals surface area contributed by atoms with Gasteiger partial charge < -0.3 is 14.8 Å². The van der Waals surface area contributed by atoms with Crippen molar-refractivity contribution in [2.75, 3.05) is 5.32 Å². The molecule has 0 saturated heterocycles. The summed E-state index contributed by atoms with van der Waals surface area (Å²) in [5.74, 6) is -0.329. The number of allylic oxidation sites excluding steroid dienone is 1. The highest BCUT2D eigenvalue weighted by Crippen LogP contribution is 2.21. The SMILES string of the molecule is Cc1cc(/C=C/C(F)(F)F)ccc1C(=O)Nc1cnc2oc(CO)nc2c1. The number of hydrogen-bond acceptors (Lipinski definition) is 5. The smallest absolute Gasteiger partial charge is 0.409 e. The Kier molecular flexibility index (Phi) is 4.95.